The maximum atomic E-state index is 13.1. The Morgan fingerprint density at radius 1 is 1.04 bits per heavy atom. The lowest BCUT2D eigenvalue weighted by atomic mass is 10.1. The van der Waals surface area contributed by atoms with Crippen LogP contribution in [0, 0.1) is 12.7 Å². The molecule has 0 heterocycles. The lowest BCUT2D eigenvalue weighted by Gasteiger charge is -2.29. The predicted molar refractivity (Wildman–Crippen MR) is 100.0 cm³/mol. The second-order valence-electron chi connectivity index (χ2n) is 6.38. The summed E-state index contributed by atoms with van der Waals surface area (Å²) in [5.74, 6) is -0.674. The van der Waals surface area contributed by atoms with Gasteiger partial charge in [-0.05, 0) is 44.0 Å². The minimum absolute atomic E-state index is 0.142. The lowest BCUT2D eigenvalue weighted by molar-refractivity contribution is -0.140. The fourth-order valence-electron chi connectivity index (χ4n) is 2.67. The first-order chi connectivity index (χ1) is 12.4. The first kappa shape index (κ1) is 19.6. The molecular weight excluding hydrogens is 331 g/mol. The van der Waals surface area contributed by atoms with Crippen LogP contribution in [0.4, 0.5) is 4.39 Å². The van der Waals surface area contributed by atoms with Crippen molar-refractivity contribution in [1.29, 1.82) is 0 Å². The Kier molecular flexibility index (Phi) is 6.89. The summed E-state index contributed by atoms with van der Waals surface area (Å²) in [5, 5.41) is 2.75. The molecule has 1 atom stereocenters. The van der Waals surface area contributed by atoms with Crippen molar-refractivity contribution in [2.24, 2.45) is 0 Å². The molecular formula is C21H25FN2O2. The topological polar surface area (TPSA) is 49.4 Å². The van der Waals surface area contributed by atoms with Gasteiger partial charge in [-0.15, -0.1) is 0 Å². The predicted octanol–water partition coefficient (Wildman–Crippen LogP) is 3.23. The zero-order valence-electron chi connectivity index (χ0n) is 15.5. The number of rotatable bonds is 7. The molecule has 0 radical (unpaired) electrons. The van der Waals surface area contributed by atoms with Gasteiger partial charge < -0.3 is 10.2 Å². The van der Waals surface area contributed by atoms with E-state index < -0.39 is 6.04 Å². The van der Waals surface area contributed by atoms with Crippen molar-refractivity contribution in [3.63, 3.8) is 0 Å². The van der Waals surface area contributed by atoms with Crippen LogP contribution in [0.3, 0.4) is 0 Å². The Bertz CT molecular complexity index is 742. The number of carbonyl (C=O) groups excluding carboxylic acids is 2. The fraction of sp³-hybridized carbons (Fsp3) is 0.333. The van der Waals surface area contributed by atoms with Gasteiger partial charge in [0.15, 0.2) is 0 Å². The van der Waals surface area contributed by atoms with Gasteiger partial charge in [0, 0.05) is 13.1 Å². The van der Waals surface area contributed by atoms with E-state index in [1.807, 2.05) is 38.1 Å². The highest BCUT2D eigenvalue weighted by Crippen LogP contribution is 2.13. The smallest absolute Gasteiger partial charge is 0.242 e. The molecule has 2 rings (SSSR count). The minimum Gasteiger partial charge on any atom is -0.355 e. The Hall–Kier alpha value is -2.69. The molecule has 1 N–H and O–H groups in total. The van der Waals surface area contributed by atoms with E-state index in [1.165, 1.54) is 17.0 Å². The Balaban J connectivity index is 2.20. The monoisotopic (exact) mass is 356 g/mol. The Morgan fingerprint density at radius 3 is 2.19 bits per heavy atom. The zero-order chi connectivity index (χ0) is 19.1. The molecule has 2 aromatic carbocycles. The lowest BCUT2D eigenvalue weighted by Crippen LogP contribution is -2.48. The van der Waals surface area contributed by atoms with Crippen LogP contribution in [-0.4, -0.2) is 29.3 Å². The second kappa shape index (κ2) is 9.13. The van der Waals surface area contributed by atoms with Crippen LogP contribution < -0.4 is 5.32 Å². The van der Waals surface area contributed by atoms with E-state index in [2.05, 4.69) is 5.32 Å². The van der Waals surface area contributed by atoms with Gasteiger partial charge in [-0.25, -0.2) is 4.39 Å². The summed E-state index contributed by atoms with van der Waals surface area (Å²) in [6.45, 7) is 6.29. The van der Waals surface area contributed by atoms with Crippen molar-refractivity contribution in [1.82, 2.24) is 10.2 Å². The largest absolute Gasteiger partial charge is 0.355 e. The van der Waals surface area contributed by atoms with Gasteiger partial charge >= 0.3 is 0 Å². The van der Waals surface area contributed by atoms with E-state index in [0.717, 1.165) is 16.7 Å². The molecule has 26 heavy (non-hydrogen) atoms. The second-order valence-corrected chi connectivity index (χ2v) is 6.38. The molecule has 5 heteroatoms. The number of aryl methyl sites for hydroxylation is 1. The molecule has 0 spiro atoms. The molecule has 0 aromatic heterocycles. The minimum atomic E-state index is -0.613. The number of hydrogen-bond acceptors (Lipinski definition) is 2. The zero-order valence-corrected chi connectivity index (χ0v) is 15.5. The van der Waals surface area contributed by atoms with E-state index in [9.17, 15) is 14.0 Å². The van der Waals surface area contributed by atoms with Crippen molar-refractivity contribution in [2.45, 2.75) is 39.8 Å². The van der Waals surface area contributed by atoms with Crippen molar-refractivity contribution in [3.05, 3.63) is 71.0 Å². The summed E-state index contributed by atoms with van der Waals surface area (Å²) in [4.78, 5) is 26.7. The van der Waals surface area contributed by atoms with Crippen LogP contribution >= 0.6 is 0 Å². The molecule has 0 fully saturated rings. The third kappa shape index (κ3) is 5.41. The van der Waals surface area contributed by atoms with Gasteiger partial charge in [-0.2, -0.15) is 0 Å². The summed E-state index contributed by atoms with van der Waals surface area (Å²) in [6.07, 6.45) is 0.214. The number of benzene rings is 2. The van der Waals surface area contributed by atoms with Crippen LogP contribution in [0.5, 0.6) is 0 Å². The van der Waals surface area contributed by atoms with Crippen molar-refractivity contribution in [3.8, 4) is 0 Å². The van der Waals surface area contributed by atoms with Gasteiger partial charge in [-0.1, -0.05) is 42.0 Å². The van der Waals surface area contributed by atoms with Crippen molar-refractivity contribution >= 4 is 11.8 Å². The Labute approximate surface area is 154 Å². The molecule has 0 saturated heterocycles. The van der Waals surface area contributed by atoms with Crippen LogP contribution in [-0.2, 0) is 22.6 Å². The molecule has 0 saturated carbocycles. The number of halogens is 1. The fourth-order valence-corrected chi connectivity index (χ4v) is 2.67. The number of likely N-dealkylation sites (N-methyl/N-ethyl adjacent to an activating group) is 1. The number of nitrogens with one attached hydrogen (secondary N) is 1. The molecule has 2 amide bonds. The number of hydrogen-bond donors (Lipinski definition) is 1. The summed E-state index contributed by atoms with van der Waals surface area (Å²) < 4.78 is 13.1. The maximum absolute atomic E-state index is 13.1. The van der Waals surface area contributed by atoms with Crippen LogP contribution in [0.1, 0.15) is 30.5 Å². The number of carbonyl (C=O) groups is 2. The third-order valence-corrected chi connectivity index (χ3v) is 4.26. The molecule has 0 unspecified atom stereocenters. The van der Waals surface area contributed by atoms with E-state index in [0.29, 0.717) is 6.54 Å². The molecule has 2 aromatic rings. The van der Waals surface area contributed by atoms with Gasteiger partial charge in [-0.3, -0.25) is 9.59 Å². The summed E-state index contributed by atoms with van der Waals surface area (Å²) in [7, 11) is 0. The van der Waals surface area contributed by atoms with Gasteiger partial charge in [0.1, 0.15) is 11.9 Å². The maximum Gasteiger partial charge on any atom is 0.242 e. The quantitative estimate of drug-likeness (QED) is 0.828. The van der Waals surface area contributed by atoms with Crippen LogP contribution in [0.2, 0.25) is 0 Å². The van der Waals surface area contributed by atoms with E-state index in [-0.39, 0.29) is 30.6 Å². The summed E-state index contributed by atoms with van der Waals surface area (Å²) >= 11 is 0. The van der Waals surface area contributed by atoms with Gasteiger partial charge in [0.25, 0.3) is 0 Å². The molecule has 0 bridgehead atoms. The van der Waals surface area contributed by atoms with Crippen LogP contribution in [0.15, 0.2) is 48.5 Å². The van der Waals surface area contributed by atoms with Gasteiger partial charge in [0.2, 0.25) is 11.8 Å². The standard InChI is InChI=1S/C21H25FN2O2/c1-4-23-21(26)16(3)24(14-18-9-11-19(22)12-10-18)20(25)13-17-7-5-15(2)6-8-17/h5-12,16H,4,13-14H2,1-3H3,(H,23,26)/t16-/m1/s1. The highest BCUT2D eigenvalue weighted by Gasteiger charge is 2.25. The number of amides is 2. The highest BCUT2D eigenvalue weighted by atomic mass is 19.1. The SMILES string of the molecule is CCNC(=O)[C@@H](C)N(Cc1ccc(F)cc1)C(=O)Cc1ccc(C)cc1. The van der Waals surface area contributed by atoms with E-state index >= 15 is 0 Å². The van der Waals surface area contributed by atoms with Gasteiger partial charge in [0.05, 0.1) is 6.42 Å². The molecule has 0 aliphatic carbocycles. The number of nitrogens with zero attached hydrogens (tertiary/aromatic N) is 1. The molecule has 0 aliphatic rings. The summed E-state index contributed by atoms with van der Waals surface area (Å²) in [5.41, 5.74) is 2.80. The van der Waals surface area contributed by atoms with E-state index in [4.69, 9.17) is 0 Å². The third-order valence-electron chi connectivity index (χ3n) is 4.26. The molecule has 4 nitrogen and oxygen atoms in total. The molecule has 138 valence electrons. The highest BCUT2D eigenvalue weighted by molar-refractivity contribution is 5.88. The Morgan fingerprint density at radius 2 is 1.62 bits per heavy atom. The van der Waals surface area contributed by atoms with Crippen molar-refractivity contribution in [2.75, 3.05) is 6.54 Å². The van der Waals surface area contributed by atoms with Crippen LogP contribution in [0.25, 0.3) is 0 Å². The van der Waals surface area contributed by atoms with E-state index in [1.54, 1.807) is 19.1 Å². The average molecular weight is 356 g/mol. The normalized spacial score (nSPS) is 11.7. The first-order valence-electron chi connectivity index (χ1n) is 8.78. The first-order valence-corrected chi connectivity index (χ1v) is 8.78. The summed E-state index contributed by atoms with van der Waals surface area (Å²) in [6, 6.07) is 13.1. The van der Waals surface area contributed by atoms with Crippen molar-refractivity contribution < 1.29 is 14.0 Å². The average Bonchev–Trinajstić information content (AvgIpc) is 2.62. The molecule has 0 aliphatic heterocycles.